The van der Waals surface area contributed by atoms with Crippen molar-refractivity contribution in [1.29, 1.82) is 0 Å². The Morgan fingerprint density at radius 2 is 2.14 bits per heavy atom. The number of allylic oxidation sites excluding steroid dienone is 1. The number of rotatable bonds is 3. The fraction of sp³-hybridized carbons (Fsp3) is 0.182. The molecule has 0 saturated heterocycles. The van der Waals surface area contributed by atoms with Crippen LogP contribution in [0.1, 0.15) is 18.9 Å². The Balaban J connectivity index is 3.15. The number of ketones is 1. The molecule has 0 aliphatic rings. The quantitative estimate of drug-likeness (QED) is 0.714. The Kier molecular flexibility index (Phi) is 3.29. The third-order valence-corrected chi connectivity index (χ3v) is 1.98. The number of para-hydroxylation sites is 1. The Morgan fingerprint density at radius 3 is 2.64 bits per heavy atom. The molecule has 0 saturated carbocycles. The van der Waals surface area contributed by atoms with E-state index in [4.69, 9.17) is 5.73 Å². The lowest BCUT2D eigenvalue weighted by Gasteiger charge is -2.06. The van der Waals surface area contributed by atoms with Gasteiger partial charge in [0.15, 0.2) is 5.78 Å². The molecule has 0 aliphatic carbocycles. The predicted octanol–water partition coefficient (Wildman–Crippen LogP) is 1.67. The van der Waals surface area contributed by atoms with Gasteiger partial charge in [-0.2, -0.15) is 0 Å². The SMILES string of the molecule is CCC(=O)/C(=C/N)c1ccccc1O. The van der Waals surface area contributed by atoms with E-state index in [0.29, 0.717) is 17.6 Å². The summed E-state index contributed by atoms with van der Waals surface area (Å²) in [4.78, 5) is 11.4. The predicted molar refractivity (Wildman–Crippen MR) is 55.6 cm³/mol. The number of hydrogen-bond donors (Lipinski definition) is 2. The zero-order chi connectivity index (χ0) is 10.6. The summed E-state index contributed by atoms with van der Waals surface area (Å²) in [6, 6.07) is 6.65. The maximum Gasteiger partial charge on any atom is 0.164 e. The van der Waals surface area contributed by atoms with Crippen LogP contribution < -0.4 is 5.73 Å². The van der Waals surface area contributed by atoms with Crippen LogP contribution in [-0.2, 0) is 4.79 Å². The van der Waals surface area contributed by atoms with Gasteiger partial charge in [-0.1, -0.05) is 25.1 Å². The van der Waals surface area contributed by atoms with E-state index in [9.17, 15) is 9.90 Å². The maximum atomic E-state index is 11.4. The summed E-state index contributed by atoms with van der Waals surface area (Å²) < 4.78 is 0. The molecule has 0 radical (unpaired) electrons. The van der Waals surface area contributed by atoms with Crippen molar-refractivity contribution >= 4 is 11.4 Å². The van der Waals surface area contributed by atoms with Crippen molar-refractivity contribution in [3.63, 3.8) is 0 Å². The van der Waals surface area contributed by atoms with E-state index in [2.05, 4.69) is 0 Å². The number of hydrogen-bond acceptors (Lipinski definition) is 3. The molecule has 3 heteroatoms. The summed E-state index contributed by atoms with van der Waals surface area (Å²) in [5.41, 5.74) is 6.21. The van der Waals surface area contributed by atoms with Gasteiger partial charge in [0, 0.05) is 23.8 Å². The second-order valence-electron chi connectivity index (χ2n) is 2.87. The van der Waals surface area contributed by atoms with Crippen molar-refractivity contribution < 1.29 is 9.90 Å². The van der Waals surface area contributed by atoms with E-state index < -0.39 is 0 Å². The van der Waals surface area contributed by atoms with Crippen LogP contribution in [0.5, 0.6) is 5.75 Å². The van der Waals surface area contributed by atoms with E-state index in [1.807, 2.05) is 0 Å². The van der Waals surface area contributed by atoms with Crippen LogP contribution in [0.3, 0.4) is 0 Å². The molecule has 0 fully saturated rings. The van der Waals surface area contributed by atoms with Gasteiger partial charge in [-0.05, 0) is 6.07 Å². The fourth-order valence-electron chi connectivity index (χ4n) is 1.22. The minimum Gasteiger partial charge on any atom is -0.507 e. The highest BCUT2D eigenvalue weighted by Crippen LogP contribution is 2.25. The number of aromatic hydroxyl groups is 1. The van der Waals surface area contributed by atoms with Gasteiger partial charge in [0.1, 0.15) is 5.75 Å². The largest absolute Gasteiger partial charge is 0.507 e. The average molecular weight is 191 g/mol. The molecule has 74 valence electrons. The minimum absolute atomic E-state index is 0.0750. The molecule has 0 aromatic heterocycles. The van der Waals surface area contributed by atoms with Crippen molar-refractivity contribution in [2.24, 2.45) is 5.73 Å². The van der Waals surface area contributed by atoms with Crippen molar-refractivity contribution in [3.8, 4) is 5.75 Å². The number of carbonyl (C=O) groups excluding carboxylic acids is 1. The van der Waals surface area contributed by atoms with Gasteiger partial charge < -0.3 is 10.8 Å². The fourth-order valence-corrected chi connectivity index (χ4v) is 1.22. The Morgan fingerprint density at radius 1 is 1.50 bits per heavy atom. The molecule has 1 rings (SSSR count). The first-order valence-electron chi connectivity index (χ1n) is 4.44. The normalized spacial score (nSPS) is 11.4. The molecule has 1 aromatic carbocycles. The van der Waals surface area contributed by atoms with Crippen molar-refractivity contribution in [2.75, 3.05) is 0 Å². The Bertz CT molecular complexity index is 369. The lowest BCUT2D eigenvalue weighted by atomic mass is 10.0. The first-order chi connectivity index (χ1) is 6.70. The highest BCUT2D eigenvalue weighted by molar-refractivity contribution is 6.21. The summed E-state index contributed by atoms with van der Waals surface area (Å²) in [5, 5.41) is 9.51. The zero-order valence-corrected chi connectivity index (χ0v) is 8.03. The molecule has 3 N–H and O–H groups in total. The van der Waals surface area contributed by atoms with Gasteiger partial charge in [-0.25, -0.2) is 0 Å². The molecule has 1 aromatic rings. The minimum atomic E-state index is -0.0750. The van der Waals surface area contributed by atoms with E-state index >= 15 is 0 Å². The van der Waals surface area contributed by atoms with Crippen LogP contribution >= 0.6 is 0 Å². The molecule has 0 spiro atoms. The van der Waals surface area contributed by atoms with Crippen LogP contribution in [0.25, 0.3) is 5.57 Å². The number of nitrogens with two attached hydrogens (primary N) is 1. The third kappa shape index (κ3) is 1.93. The number of phenolic OH excluding ortho intramolecular Hbond substituents is 1. The van der Waals surface area contributed by atoms with Crippen LogP contribution in [0.15, 0.2) is 30.5 Å². The molecule has 0 atom stereocenters. The van der Waals surface area contributed by atoms with Gasteiger partial charge in [0.2, 0.25) is 0 Å². The molecular formula is C11H13NO2. The molecule has 0 unspecified atom stereocenters. The highest BCUT2D eigenvalue weighted by Gasteiger charge is 2.12. The molecule has 0 heterocycles. The molecular weight excluding hydrogens is 178 g/mol. The average Bonchev–Trinajstić information content (AvgIpc) is 2.21. The summed E-state index contributed by atoms with van der Waals surface area (Å²) in [5.74, 6) is 0.000000000000000444. The summed E-state index contributed by atoms with van der Waals surface area (Å²) >= 11 is 0. The monoisotopic (exact) mass is 191 g/mol. The summed E-state index contributed by atoms with van der Waals surface area (Å²) in [7, 11) is 0. The second-order valence-corrected chi connectivity index (χ2v) is 2.87. The van der Waals surface area contributed by atoms with Crippen LogP contribution in [0.4, 0.5) is 0 Å². The van der Waals surface area contributed by atoms with Gasteiger partial charge >= 0.3 is 0 Å². The van der Waals surface area contributed by atoms with E-state index in [0.717, 1.165) is 0 Å². The number of phenols is 1. The van der Waals surface area contributed by atoms with E-state index in [-0.39, 0.29) is 11.5 Å². The second kappa shape index (κ2) is 4.46. The molecule has 0 aliphatic heterocycles. The Hall–Kier alpha value is -1.77. The maximum absolute atomic E-state index is 11.4. The van der Waals surface area contributed by atoms with Crippen molar-refractivity contribution in [1.82, 2.24) is 0 Å². The standard InChI is InChI=1S/C11H13NO2/c1-2-10(13)9(7-12)8-5-3-4-6-11(8)14/h3-7,14H,2,12H2,1H3/b9-7+. The molecule has 0 amide bonds. The van der Waals surface area contributed by atoms with Gasteiger partial charge in [-0.3, -0.25) is 4.79 Å². The van der Waals surface area contributed by atoms with E-state index in [1.165, 1.54) is 12.3 Å². The number of carbonyl (C=O) groups is 1. The summed E-state index contributed by atoms with van der Waals surface area (Å²) in [6.45, 7) is 1.76. The smallest absolute Gasteiger partial charge is 0.164 e. The molecule has 0 bridgehead atoms. The van der Waals surface area contributed by atoms with E-state index in [1.54, 1.807) is 25.1 Å². The topological polar surface area (TPSA) is 63.3 Å². The lowest BCUT2D eigenvalue weighted by Crippen LogP contribution is -2.02. The third-order valence-electron chi connectivity index (χ3n) is 1.98. The first-order valence-corrected chi connectivity index (χ1v) is 4.44. The molecule has 3 nitrogen and oxygen atoms in total. The van der Waals surface area contributed by atoms with Crippen LogP contribution in [0, 0.1) is 0 Å². The lowest BCUT2D eigenvalue weighted by molar-refractivity contribution is -0.113. The first kappa shape index (κ1) is 10.3. The summed E-state index contributed by atoms with van der Waals surface area (Å²) in [6.07, 6.45) is 1.61. The van der Waals surface area contributed by atoms with Crippen molar-refractivity contribution in [3.05, 3.63) is 36.0 Å². The number of benzene rings is 1. The Labute approximate surface area is 82.9 Å². The zero-order valence-electron chi connectivity index (χ0n) is 8.03. The van der Waals surface area contributed by atoms with Crippen molar-refractivity contribution in [2.45, 2.75) is 13.3 Å². The van der Waals surface area contributed by atoms with Gasteiger partial charge in [0.05, 0.1) is 0 Å². The molecule has 14 heavy (non-hydrogen) atoms. The van der Waals surface area contributed by atoms with Crippen LogP contribution in [-0.4, -0.2) is 10.9 Å². The van der Waals surface area contributed by atoms with Crippen LogP contribution in [0.2, 0.25) is 0 Å². The number of Topliss-reactive ketones (excluding diaryl/α,β-unsaturated/α-hetero) is 1. The van der Waals surface area contributed by atoms with Gasteiger partial charge in [-0.15, -0.1) is 0 Å². The van der Waals surface area contributed by atoms with Gasteiger partial charge in [0.25, 0.3) is 0 Å². The highest BCUT2D eigenvalue weighted by atomic mass is 16.3.